The molecular formula is C13H14ClNO3. The van der Waals surface area contributed by atoms with E-state index in [9.17, 15) is 9.90 Å². The smallest absolute Gasteiger partial charge is 0.421 e. The summed E-state index contributed by atoms with van der Waals surface area (Å²) in [6, 6.07) is 6.52. The van der Waals surface area contributed by atoms with Crippen molar-refractivity contribution in [2.45, 2.75) is 19.8 Å². The van der Waals surface area contributed by atoms with E-state index in [4.69, 9.17) is 16.3 Å². The molecular weight excluding hydrogens is 254 g/mol. The molecule has 18 heavy (non-hydrogen) atoms. The first kappa shape index (κ1) is 12.8. The Hall–Kier alpha value is -1.68. The summed E-state index contributed by atoms with van der Waals surface area (Å²) in [6.07, 6.45) is 1.18. The highest BCUT2D eigenvalue weighted by atomic mass is 35.5. The second-order valence-electron chi connectivity index (χ2n) is 4.01. The van der Waals surface area contributed by atoms with Gasteiger partial charge in [0.05, 0.1) is 12.1 Å². The Balaban J connectivity index is 2.32. The first-order chi connectivity index (χ1) is 8.63. The van der Waals surface area contributed by atoms with Gasteiger partial charge < -0.3 is 9.84 Å². The fraction of sp³-hybridized carbons (Fsp3) is 0.308. The summed E-state index contributed by atoms with van der Waals surface area (Å²) in [6.45, 7) is 2.36. The van der Waals surface area contributed by atoms with Crippen LogP contribution in [-0.4, -0.2) is 22.4 Å². The van der Waals surface area contributed by atoms with Gasteiger partial charge in [-0.25, -0.2) is 9.36 Å². The molecule has 0 saturated heterocycles. The summed E-state index contributed by atoms with van der Waals surface area (Å²) < 4.78 is 6.22. The number of rotatable bonds is 3. The van der Waals surface area contributed by atoms with Crippen molar-refractivity contribution in [3.05, 3.63) is 29.3 Å². The zero-order valence-electron chi connectivity index (χ0n) is 10.0. The van der Waals surface area contributed by atoms with Crippen LogP contribution in [-0.2, 0) is 4.74 Å². The third-order valence-corrected chi connectivity index (χ3v) is 2.89. The van der Waals surface area contributed by atoms with E-state index >= 15 is 0 Å². The summed E-state index contributed by atoms with van der Waals surface area (Å²) in [4.78, 5) is 11.8. The van der Waals surface area contributed by atoms with E-state index in [1.165, 1.54) is 6.07 Å². The lowest BCUT2D eigenvalue weighted by Crippen LogP contribution is -2.13. The number of aromatic hydroxyl groups is 1. The quantitative estimate of drug-likeness (QED) is 0.861. The molecule has 1 N–H and O–H groups in total. The van der Waals surface area contributed by atoms with E-state index in [2.05, 4.69) is 0 Å². The van der Waals surface area contributed by atoms with Crippen LogP contribution < -0.4 is 0 Å². The number of benzene rings is 1. The largest absolute Gasteiger partial charge is 0.494 e. The van der Waals surface area contributed by atoms with Crippen LogP contribution >= 0.6 is 11.6 Å². The number of hydrogen-bond acceptors (Lipinski definition) is 3. The van der Waals surface area contributed by atoms with E-state index in [0.717, 1.165) is 17.4 Å². The number of carbonyl (C=O) groups excluding carboxylic acids is 1. The molecule has 0 amide bonds. The Morgan fingerprint density at radius 3 is 2.94 bits per heavy atom. The lowest BCUT2D eigenvalue weighted by Gasteiger charge is -2.06. The summed E-state index contributed by atoms with van der Waals surface area (Å²) in [7, 11) is 0. The zero-order chi connectivity index (χ0) is 13.1. The first-order valence-corrected chi connectivity index (χ1v) is 6.18. The second-order valence-corrected chi connectivity index (χ2v) is 4.45. The van der Waals surface area contributed by atoms with Crippen molar-refractivity contribution >= 4 is 28.6 Å². The molecule has 0 aliphatic heterocycles. The van der Waals surface area contributed by atoms with Crippen LogP contribution in [0.15, 0.2) is 24.3 Å². The average Bonchev–Trinajstić information content (AvgIpc) is 2.64. The Labute approximate surface area is 110 Å². The van der Waals surface area contributed by atoms with Crippen molar-refractivity contribution in [2.75, 3.05) is 6.61 Å². The third-order valence-electron chi connectivity index (χ3n) is 2.65. The van der Waals surface area contributed by atoms with Gasteiger partial charge >= 0.3 is 6.09 Å². The molecule has 4 nitrogen and oxygen atoms in total. The van der Waals surface area contributed by atoms with Crippen LogP contribution in [0.25, 0.3) is 10.9 Å². The molecule has 2 aromatic rings. The number of hydrogen-bond donors (Lipinski definition) is 1. The summed E-state index contributed by atoms with van der Waals surface area (Å²) >= 11 is 5.86. The van der Waals surface area contributed by atoms with Crippen LogP contribution in [0.3, 0.4) is 0 Å². The van der Waals surface area contributed by atoms with Gasteiger partial charge in [0.1, 0.15) is 0 Å². The van der Waals surface area contributed by atoms with Crippen molar-refractivity contribution in [1.82, 2.24) is 4.57 Å². The summed E-state index contributed by atoms with van der Waals surface area (Å²) in [5, 5.41) is 11.0. The van der Waals surface area contributed by atoms with Crippen LogP contribution in [0.2, 0.25) is 5.02 Å². The number of nitrogens with zero attached hydrogens (tertiary/aromatic N) is 1. The van der Waals surface area contributed by atoms with E-state index in [1.807, 2.05) is 6.92 Å². The molecule has 1 heterocycles. The standard InChI is InChI=1S/C13H14ClNO3/c1-2-3-6-18-13(17)15-11-5-4-10(14)7-9(11)8-12(15)16/h4-5,7-8,16H,2-3,6H2,1H3. The summed E-state index contributed by atoms with van der Waals surface area (Å²) in [5.41, 5.74) is 0.582. The van der Waals surface area contributed by atoms with E-state index < -0.39 is 6.09 Å². The van der Waals surface area contributed by atoms with E-state index in [-0.39, 0.29) is 5.88 Å². The van der Waals surface area contributed by atoms with Gasteiger partial charge in [-0.05, 0) is 24.6 Å². The lowest BCUT2D eigenvalue weighted by atomic mass is 10.2. The number of ether oxygens (including phenoxy) is 1. The van der Waals surface area contributed by atoms with Crippen LogP contribution in [0.5, 0.6) is 5.88 Å². The maximum Gasteiger partial charge on any atom is 0.421 e. The minimum atomic E-state index is -0.571. The Morgan fingerprint density at radius 1 is 1.44 bits per heavy atom. The van der Waals surface area contributed by atoms with Crippen LogP contribution in [0, 0.1) is 0 Å². The molecule has 0 aliphatic carbocycles. The average molecular weight is 268 g/mol. The minimum Gasteiger partial charge on any atom is -0.494 e. The SMILES string of the molecule is CCCCOC(=O)n1c(O)cc2cc(Cl)ccc21. The Bertz CT molecular complexity index is 577. The molecule has 0 saturated carbocycles. The topological polar surface area (TPSA) is 51.5 Å². The highest BCUT2D eigenvalue weighted by molar-refractivity contribution is 6.31. The maximum atomic E-state index is 11.8. The van der Waals surface area contributed by atoms with Crippen molar-refractivity contribution in [3.8, 4) is 5.88 Å². The van der Waals surface area contributed by atoms with Crippen LogP contribution in [0.4, 0.5) is 4.79 Å². The highest BCUT2D eigenvalue weighted by Gasteiger charge is 2.15. The van der Waals surface area contributed by atoms with Gasteiger partial charge in [-0.1, -0.05) is 24.9 Å². The monoisotopic (exact) mass is 267 g/mol. The molecule has 0 bridgehead atoms. The molecule has 1 aromatic heterocycles. The number of halogens is 1. The molecule has 0 fully saturated rings. The van der Waals surface area contributed by atoms with Crippen molar-refractivity contribution < 1.29 is 14.6 Å². The van der Waals surface area contributed by atoms with E-state index in [1.54, 1.807) is 18.2 Å². The van der Waals surface area contributed by atoms with Gasteiger partial charge in [0.2, 0.25) is 5.88 Å². The maximum absolute atomic E-state index is 11.8. The molecule has 5 heteroatoms. The normalized spacial score (nSPS) is 10.8. The molecule has 0 aliphatic rings. The lowest BCUT2D eigenvalue weighted by molar-refractivity contribution is 0.145. The summed E-state index contributed by atoms with van der Waals surface area (Å²) in [5.74, 6) is -0.145. The highest BCUT2D eigenvalue weighted by Crippen LogP contribution is 2.27. The van der Waals surface area contributed by atoms with Gasteiger partial charge in [-0.2, -0.15) is 0 Å². The van der Waals surface area contributed by atoms with Gasteiger partial charge in [-0.15, -0.1) is 0 Å². The van der Waals surface area contributed by atoms with Crippen LogP contribution in [0.1, 0.15) is 19.8 Å². The molecule has 0 radical (unpaired) electrons. The van der Waals surface area contributed by atoms with Gasteiger partial charge in [0.15, 0.2) is 0 Å². The van der Waals surface area contributed by atoms with E-state index in [0.29, 0.717) is 22.5 Å². The second kappa shape index (κ2) is 5.31. The van der Waals surface area contributed by atoms with Crippen molar-refractivity contribution in [2.24, 2.45) is 0 Å². The zero-order valence-corrected chi connectivity index (χ0v) is 10.8. The predicted molar refractivity (Wildman–Crippen MR) is 70.3 cm³/mol. The molecule has 0 unspecified atom stereocenters. The third kappa shape index (κ3) is 2.43. The number of carbonyl (C=O) groups is 1. The number of fused-ring (bicyclic) bond motifs is 1. The van der Waals surface area contributed by atoms with Gasteiger partial charge in [0.25, 0.3) is 0 Å². The number of aromatic nitrogens is 1. The van der Waals surface area contributed by atoms with Crippen molar-refractivity contribution in [1.29, 1.82) is 0 Å². The predicted octanol–water partition coefficient (Wildman–Crippen LogP) is 3.79. The van der Waals surface area contributed by atoms with Crippen molar-refractivity contribution in [3.63, 3.8) is 0 Å². The molecule has 96 valence electrons. The molecule has 1 aromatic carbocycles. The molecule has 0 atom stereocenters. The molecule has 0 spiro atoms. The molecule has 2 rings (SSSR count). The van der Waals surface area contributed by atoms with Gasteiger partial charge in [0, 0.05) is 16.5 Å². The Morgan fingerprint density at radius 2 is 2.22 bits per heavy atom. The Kier molecular flexibility index (Phi) is 3.77. The van der Waals surface area contributed by atoms with Gasteiger partial charge in [-0.3, -0.25) is 0 Å². The minimum absolute atomic E-state index is 0.145. The fourth-order valence-electron chi connectivity index (χ4n) is 1.73. The number of unbranched alkanes of at least 4 members (excludes halogenated alkanes) is 1. The fourth-order valence-corrected chi connectivity index (χ4v) is 1.91. The first-order valence-electron chi connectivity index (χ1n) is 5.80.